The van der Waals surface area contributed by atoms with Crippen LogP contribution in [0.2, 0.25) is 5.02 Å². The van der Waals surface area contributed by atoms with E-state index in [0.717, 1.165) is 23.7 Å². The van der Waals surface area contributed by atoms with Crippen LogP contribution in [0.5, 0.6) is 0 Å². The maximum Gasteiger partial charge on any atom is 0.234 e. The third-order valence-corrected chi connectivity index (χ3v) is 4.59. The average Bonchev–Trinajstić information content (AvgIpc) is 3.01. The Balaban J connectivity index is 1.84. The van der Waals surface area contributed by atoms with E-state index in [1.165, 1.54) is 5.69 Å². The van der Waals surface area contributed by atoms with Gasteiger partial charge in [0.15, 0.2) is 0 Å². The second kappa shape index (κ2) is 7.41. The van der Waals surface area contributed by atoms with Gasteiger partial charge in [0.2, 0.25) is 5.91 Å². The smallest absolute Gasteiger partial charge is 0.234 e. The molecule has 0 radical (unpaired) electrons. The minimum atomic E-state index is 0.0530. The second-order valence-corrected chi connectivity index (χ2v) is 7.19. The van der Waals surface area contributed by atoms with Gasteiger partial charge in [0.05, 0.1) is 12.6 Å². The van der Waals surface area contributed by atoms with Gasteiger partial charge in [-0.05, 0) is 35.7 Å². The van der Waals surface area contributed by atoms with Gasteiger partial charge in [0, 0.05) is 36.5 Å². The number of nitrogens with one attached hydrogen (secondary N) is 1. The minimum absolute atomic E-state index is 0.0530. The topological polar surface area (TPSA) is 37.3 Å². The number of aromatic nitrogens is 1. The monoisotopic (exact) mass is 345 g/mol. The molecule has 1 unspecified atom stereocenters. The summed E-state index contributed by atoms with van der Waals surface area (Å²) in [5, 5.41) is 3.74. The van der Waals surface area contributed by atoms with E-state index in [9.17, 15) is 4.79 Å². The molecule has 1 N–H and O–H groups in total. The van der Waals surface area contributed by atoms with Crippen LogP contribution in [0, 0.1) is 5.92 Å². The average molecular weight is 346 g/mol. The molecule has 0 saturated carbocycles. The van der Waals surface area contributed by atoms with Gasteiger partial charge in [-0.2, -0.15) is 0 Å². The van der Waals surface area contributed by atoms with Crippen molar-refractivity contribution in [2.45, 2.75) is 26.4 Å². The summed E-state index contributed by atoms with van der Waals surface area (Å²) >= 11 is 6.20. The van der Waals surface area contributed by atoms with Gasteiger partial charge in [-0.25, -0.2) is 0 Å². The summed E-state index contributed by atoms with van der Waals surface area (Å²) in [6, 6.07) is 12.2. The number of amides is 1. The summed E-state index contributed by atoms with van der Waals surface area (Å²) < 4.78 is 2.26. The van der Waals surface area contributed by atoms with Gasteiger partial charge < -0.3 is 9.88 Å². The standard InChI is InChI=1S/C19H24ClN3O/c1-14(2)12-21-18(24)13-23-10-9-22-8-4-7-17(22)19(23)15-5-3-6-16(20)11-15/h3-8,11,14,19H,9-10,12-13H2,1-2H3,(H,21,24). The molecule has 0 saturated heterocycles. The molecule has 1 aliphatic rings. The predicted molar refractivity (Wildman–Crippen MR) is 97.1 cm³/mol. The van der Waals surface area contributed by atoms with Gasteiger partial charge in [0.1, 0.15) is 0 Å². The Morgan fingerprint density at radius 2 is 2.12 bits per heavy atom. The zero-order chi connectivity index (χ0) is 17.1. The van der Waals surface area contributed by atoms with Crippen molar-refractivity contribution in [2.24, 2.45) is 5.92 Å². The molecule has 0 fully saturated rings. The molecule has 1 amide bonds. The molecule has 24 heavy (non-hydrogen) atoms. The zero-order valence-corrected chi connectivity index (χ0v) is 15.0. The third-order valence-electron chi connectivity index (χ3n) is 4.36. The first-order chi connectivity index (χ1) is 11.5. The number of fused-ring (bicyclic) bond motifs is 1. The fraction of sp³-hybridized carbons (Fsp3) is 0.421. The molecule has 1 aromatic heterocycles. The lowest BCUT2D eigenvalue weighted by Crippen LogP contribution is -2.44. The van der Waals surface area contributed by atoms with Crippen molar-refractivity contribution in [3.63, 3.8) is 0 Å². The van der Waals surface area contributed by atoms with Crippen molar-refractivity contribution in [3.8, 4) is 0 Å². The zero-order valence-electron chi connectivity index (χ0n) is 14.2. The van der Waals surface area contributed by atoms with Crippen molar-refractivity contribution in [1.82, 2.24) is 14.8 Å². The number of hydrogen-bond donors (Lipinski definition) is 1. The summed E-state index contributed by atoms with van der Waals surface area (Å²) in [5.41, 5.74) is 2.33. The number of nitrogens with zero attached hydrogens (tertiary/aromatic N) is 2. The highest BCUT2D eigenvalue weighted by Gasteiger charge is 2.30. The molecule has 0 spiro atoms. The largest absolute Gasteiger partial charge is 0.355 e. The molecule has 4 nitrogen and oxygen atoms in total. The Hall–Kier alpha value is -1.78. The first-order valence-electron chi connectivity index (χ1n) is 8.46. The van der Waals surface area contributed by atoms with Crippen LogP contribution in [0.4, 0.5) is 0 Å². The van der Waals surface area contributed by atoms with Gasteiger partial charge in [-0.1, -0.05) is 37.6 Å². The first-order valence-corrected chi connectivity index (χ1v) is 8.83. The Bertz CT molecular complexity index is 710. The van der Waals surface area contributed by atoms with E-state index < -0.39 is 0 Å². The van der Waals surface area contributed by atoms with Crippen molar-refractivity contribution in [2.75, 3.05) is 19.6 Å². The van der Waals surface area contributed by atoms with Gasteiger partial charge in [-0.15, -0.1) is 0 Å². The normalized spacial score (nSPS) is 17.8. The predicted octanol–water partition coefficient (Wildman–Crippen LogP) is 3.32. The van der Waals surface area contributed by atoms with E-state index in [1.54, 1.807) is 0 Å². The Kier molecular flexibility index (Phi) is 5.27. The molecule has 2 heterocycles. The number of benzene rings is 1. The summed E-state index contributed by atoms with van der Waals surface area (Å²) in [6.45, 7) is 7.05. The highest BCUT2D eigenvalue weighted by atomic mass is 35.5. The van der Waals surface area contributed by atoms with E-state index in [1.807, 2.05) is 18.2 Å². The van der Waals surface area contributed by atoms with E-state index in [-0.39, 0.29) is 11.9 Å². The van der Waals surface area contributed by atoms with Crippen LogP contribution in [-0.4, -0.2) is 35.0 Å². The summed E-state index contributed by atoms with van der Waals surface area (Å²) in [7, 11) is 0. The van der Waals surface area contributed by atoms with Crippen molar-refractivity contribution in [1.29, 1.82) is 0 Å². The van der Waals surface area contributed by atoms with Crippen molar-refractivity contribution >= 4 is 17.5 Å². The van der Waals surface area contributed by atoms with Crippen molar-refractivity contribution < 1.29 is 4.79 Å². The van der Waals surface area contributed by atoms with Crippen LogP contribution in [-0.2, 0) is 11.3 Å². The molecule has 5 heteroatoms. The van der Waals surface area contributed by atoms with Crippen LogP contribution in [0.25, 0.3) is 0 Å². The molecule has 1 atom stereocenters. The number of hydrogen-bond acceptors (Lipinski definition) is 2. The van der Waals surface area contributed by atoms with E-state index in [0.29, 0.717) is 19.0 Å². The molecular formula is C19H24ClN3O. The molecule has 3 rings (SSSR count). The maximum absolute atomic E-state index is 12.3. The fourth-order valence-corrected chi connectivity index (χ4v) is 3.42. The molecule has 128 valence electrons. The number of halogens is 1. The summed E-state index contributed by atoms with van der Waals surface area (Å²) in [6.07, 6.45) is 2.10. The third kappa shape index (κ3) is 3.82. The maximum atomic E-state index is 12.3. The fourth-order valence-electron chi connectivity index (χ4n) is 3.22. The number of carbonyl (C=O) groups excluding carboxylic acids is 1. The number of rotatable bonds is 5. The molecule has 1 aromatic carbocycles. The lowest BCUT2D eigenvalue weighted by molar-refractivity contribution is -0.123. The molecule has 2 aromatic rings. The van der Waals surface area contributed by atoms with Gasteiger partial charge in [0.25, 0.3) is 0 Å². The minimum Gasteiger partial charge on any atom is -0.355 e. The van der Waals surface area contributed by atoms with Crippen LogP contribution in [0.1, 0.15) is 31.1 Å². The van der Waals surface area contributed by atoms with Crippen LogP contribution in [0.3, 0.4) is 0 Å². The Morgan fingerprint density at radius 3 is 2.88 bits per heavy atom. The van der Waals surface area contributed by atoms with E-state index in [2.05, 4.69) is 53.0 Å². The lowest BCUT2D eigenvalue weighted by Gasteiger charge is -2.37. The van der Waals surface area contributed by atoms with Crippen LogP contribution >= 0.6 is 11.6 Å². The Labute approximate surface area is 148 Å². The summed E-state index contributed by atoms with van der Waals surface area (Å²) in [4.78, 5) is 14.6. The number of carbonyl (C=O) groups is 1. The second-order valence-electron chi connectivity index (χ2n) is 6.75. The van der Waals surface area contributed by atoms with Crippen LogP contribution in [0.15, 0.2) is 42.6 Å². The molecule has 0 bridgehead atoms. The van der Waals surface area contributed by atoms with Crippen molar-refractivity contribution in [3.05, 3.63) is 58.9 Å². The highest BCUT2D eigenvalue weighted by Crippen LogP contribution is 2.33. The van der Waals surface area contributed by atoms with Crippen LogP contribution < -0.4 is 5.32 Å². The van der Waals surface area contributed by atoms with E-state index in [4.69, 9.17) is 11.6 Å². The Morgan fingerprint density at radius 1 is 1.29 bits per heavy atom. The molecule has 0 aliphatic carbocycles. The quantitative estimate of drug-likeness (QED) is 0.902. The van der Waals surface area contributed by atoms with Gasteiger partial charge in [-0.3, -0.25) is 9.69 Å². The SMILES string of the molecule is CC(C)CNC(=O)CN1CCn2cccc2C1c1cccc(Cl)c1. The van der Waals surface area contributed by atoms with Gasteiger partial charge >= 0.3 is 0 Å². The molecular weight excluding hydrogens is 322 g/mol. The molecule has 1 aliphatic heterocycles. The summed E-state index contributed by atoms with van der Waals surface area (Å²) in [5.74, 6) is 0.534. The first kappa shape index (κ1) is 17.1. The lowest BCUT2D eigenvalue weighted by atomic mass is 10.00. The highest BCUT2D eigenvalue weighted by molar-refractivity contribution is 6.30. The van der Waals surface area contributed by atoms with E-state index >= 15 is 0 Å².